The van der Waals surface area contributed by atoms with Crippen molar-refractivity contribution in [3.05, 3.63) is 58.6 Å². The van der Waals surface area contributed by atoms with Crippen molar-refractivity contribution in [1.82, 2.24) is 5.43 Å². The van der Waals surface area contributed by atoms with Crippen LogP contribution in [0.25, 0.3) is 0 Å². The Morgan fingerprint density at radius 3 is 2.38 bits per heavy atom. The normalized spacial score (nSPS) is 11.5. The number of nitrogens with one attached hydrogen (secondary N) is 2. The van der Waals surface area contributed by atoms with Gasteiger partial charge in [0.1, 0.15) is 0 Å². The van der Waals surface area contributed by atoms with E-state index in [0.717, 1.165) is 29.4 Å². The number of alkyl halides is 3. The Balaban J connectivity index is 1.98. The topological polar surface area (TPSA) is 39.7 Å². The first-order chi connectivity index (χ1) is 12.2. The molecule has 2 rings (SSSR count). The van der Waals surface area contributed by atoms with Crippen LogP contribution >= 0.6 is 23.8 Å². The lowest BCUT2D eigenvalue weighted by Gasteiger charge is -2.12. The van der Waals surface area contributed by atoms with E-state index in [4.69, 9.17) is 23.8 Å². The average Bonchev–Trinajstić information content (AvgIpc) is 2.56. The Hall–Kier alpha value is -2.32. The first-order valence-electron chi connectivity index (χ1n) is 7.41. The fraction of sp³-hybridized carbons (Fsp3) is 0.176. The number of rotatable bonds is 4. The monoisotopic (exact) mass is 400 g/mol. The molecule has 138 valence electrons. The van der Waals surface area contributed by atoms with E-state index in [0.29, 0.717) is 0 Å². The summed E-state index contributed by atoms with van der Waals surface area (Å²) in [5.74, 6) is 0. The van der Waals surface area contributed by atoms with Crippen LogP contribution in [0.4, 0.5) is 24.5 Å². The van der Waals surface area contributed by atoms with Gasteiger partial charge in [0.2, 0.25) is 0 Å². The molecule has 9 heteroatoms. The van der Waals surface area contributed by atoms with Crippen LogP contribution in [0, 0.1) is 0 Å². The summed E-state index contributed by atoms with van der Waals surface area (Å²) in [4.78, 5) is 1.97. The minimum atomic E-state index is -4.47. The molecular formula is C17H16ClF3N4S. The van der Waals surface area contributed by atoms with Gasteiger partial charge in [0, 0.05) is 19.8 Å². The fourth-order valence-corrected chi connectivity index (χ4v) is 2.30. The van der Waals surface area contributed by atoms with Gasteiger partial charge in [-0.25, -0.2) is 0 Å². The minimum absolute atomic E-state index is 0.0207. The summed E-state index contributed by atoms with van der Waals surface area (Å²) >= 11 is 10.9. The van der Waals surface area contributed by atoms with Gasteiger partial charge in [0.25, 0.3) is 0 Å². The number of nitrogens with zero attached hydrogens (tertiary/aromatic N) is 2. The Kier molecular flexibility index (Phi) is 6.44. The molecule has 0 radical (unpaired) electrons. The summed E-state index contributed by atoms with van der Waals surface area (Å²) < 4.78 is 38.3. The van der Waals surface area contributed by atoms with Gasteiger partial charge in [-0.15, -0.1) is 0 Å². The van der Waals surface area contributed by atoms with Crippen molar-refractivity contribution in [3.8, 4) is 0 Å². The molecule has 0 aromatic heterocycles. The standard InChI is InChI=1S/C17H16ClF3N4S/c1-25(2)13-6-3-11(4-7-13)10-22-24-16(26)23-15-9-12(17(19,20)21)5-8-14(15)18/h3-10H,1-2H3,(H2,23,24,26)/b22-10-. The first kappa shape index (κ1) is 20.0. The molecule has 0 atom stereocenters. The van der Waals surface area contributed by atoms with Gasteiger partial charge >= 0.3 is 6.18 Å². The zero-order valence-electron chi connectivity index (χ0n) is 13.9. The molecule has 0 spiro atoms. The van der Waals surface area contributed by atoms with Crippen LogP contribution in [0.5, 0.6) is 0 Å². The number of benzene rings is 2. The second-order valence-electron chi connectivity index (χ2n) is 5.50. The van der Waals surface area contributed by atoms with E-state index in [-0.39, 0.29) is 15.8 Å². The van der Waals surface area contributed by atoms with E-state index in [9.17, 15) is 13.2 Å². The summed E-state index contributed by atoms with van der Waals surface area (Å²) in [7, 11) is 3.88. The van der Waals surface area contributed by atoms with E-state index in [1.54, 1.807) is 6.21 Å². The molecule has 0 aliphatic heterocycles. The van der Waals surface area contributed by atoms with Gasteiger partial charge in [-0.05, 0) is 48.1 Å². The number of anilines is 2. The summed E-state index contributed by atoms with van der Waals surface area (Å²) in [6.45, 7) is 0. The van der Waals surface area contributed by atoms with Gasteiger partial charge in [-0.3, -0.25) is 5.43 Å². The lowest BCUT2D eigenvalue weighted by atomic mass is 10.2. The SMILES string of the molecule is CN(C)c1ccc(/C=N\NC(=S)Nc2cc(C(F)(F)F)ccc2Cl)cc1. The second-order valence-corrected chi connectivity index (χ2v) is 6.32. The zero-order valence-corrected chi connectivity index (χ0v) is 15.5. The van der Waals surface area contributed by atoms with Crippen molar-refractivity contribution in [1.29, 1.82) is 0 Å². The number of hydrogen-bond donors (Lipinski definition) is 2. The molecule has 0 saturated heterocycles. The molecule has 2 aromatic rings. The lowest BCUT2D eigenvalue weighted by Crippen LogP contribution is -2.24. The number of thiocarbonyl (C=S) groups is 1. The molecule has 0 aliphatic carbocycles. The highest BCUT2D eigenvalue weighted by Gasteiger charge is 2.31. The van der Waals surface area contributed by atoms with Crippen LogP contribution in [0.1, 0.15) is 11.1 Å². The molecule has 2 N–H and O–H groups in total. The summed E-state index contributed by atoms with van der Waals surface area (Å²) in [6.07, 6.45) is -2.92. The van der Waals surface area contributed by atoms with Crippen molar-refractivity contribution in [2.45, 2.75) is 6.18 Å². The van der Waals surface area contributed by atoms with E-state index >= 15 is 0 Å². The second kappa shape index (κ2) is 8.37. The van der Waals surface area contributed by atoms with Crippen molar-refractivity contribution in [2.75, 3.05) is 24.3 Å². The molecule has 4 nitrogen and oxygen atoms in total. The molecule has 0 saturated carbocycles. The third-order valence-electron chi connectivity index (χ3n) is 3.33. The van der Waals surface area contributed by atoms with Crippen LogP contribution in [0.3, 0.4) is 0 Å². The molecule has 26 heavy (non-hydrogen) atoms. The predicted molar refractivity (Wildman–Crippen MR) is 104 cm³/mol. The largest absolute Gasteiger partial charge is 0.416 e. The Bertz CT molecular complexity index is 805. The van der Waals surface area contributed by atoms with E-state index < -0.39 is 11.7 Å². The van der Waals surface area contributed by atoms with Gasteiger partial charge in [0.15, 0.2) is 5.11 Å². The molecule has 2 aromatic carbocycles. The van der Waals surface area contributed by atoms with Gasteiger partial charge in [0.05, 0.1) is 22.5 Å². The van der Waals surface area contributed by atoms with E-state index in [1.165, 1.54) is 0 Å². The predicted octanol–water partition coefficient (Wildman–Crippen LogP) is 4.75. The van der Waals surface area contributed by atoms with Gasteiger partial charge in [-0.1, -0.05) is 23.7 Å². The number of hydrazone groups is 1. The van der Waals surface area contributed by atoms with Crippen molar-refractivity contribution in [2.24, 2.45) is 5.10 Å². The fourth-order valence-electron chi connectivity index (χ4n) is 1.97. The number of hydrogen-bond acceptors (Lipinski definition) is 3. The summed E-state index contributed by atoms with van der Waals surface area (Å²) in [6, 6.07) is 10.6. The van der Waals surface area contributed by atoms with Gasteiger partial charge < -0.3 is 10.2 Å². The highest BCUT2D eigenvalue weighted by molar-refractivity contribution is 7.80. The molecule has 0 aliphatic rings. The molecule has 0 bridgehead atoms. The lowest BCUT2D eigenvalue weighted by molar-refractivity contribution is -0.137. The zero-order chi connectivity index (χ0) is 19.3. The van der Waals surface area contributed by atoms with Crippen LogP contribution in [0.2, 0.25) is 5.02 Å². The molecule has 0 heterocycles. The first-order valence-corrected chi connectivity index (χ1v) is 8.19. The summed E-state index contributed by atoms with van der Waals surface area (Å²) in [5, 5.41) is 6.69. The average molecular weight is 401 g/mol. The quantitative estimate of drug-likeness (QED) is 0.441. The van der Waals surface area contributed by atoms with Gasteiger partial charge in [-0.2, -0.15) is 18.3 Å². The maximum atomic E-state index is 12.8. The Morgan fingerprint density at radius 1 is 1.15 bits per heavy atom. The van der Waals surface area contributed by atoms with Crippen molar-refractivity contribution < 1.29 is 13.2 Å². The minimum Gasteiger partial charge on any atom is -0.378 e. The van der Waals surface area contributed by atoms with Crippen molar-refractivity contribution in [3.63, 3.8) is 0 Å². The molecule has 0 fully saturated rings. The smallest absolute Gasteiger partial charge is 0.378 e. The third kappa shape index (κ3) is 5.60. The van der Waals surface area contributed by atoms with Crippen LogP contribution in [-0.2, 0) is 6.18 Å². The highest BCUT2D eigenvalue weighted by Crippen LogP contribution is 2.33. The van der Waals surface area contributed by atoms with Crippen molar-refractivity contribution >= 4 is 46.5 Å². The molecule has 0 unspecified atom stereocenters. The maximum Gasteiger partial charge on any atom is 0.416 e. The number of halogens is 4. The van der Waals surface area contributed by atoms with Crippen LogP contribution in [-0.4, -0.2) is 25.4 Å². The Labute approximate surface area is 159 Å². The Morgan fingerprint density at radius 2 is 1.81 bits per heavy atom. The van der Waals surface area contributed by atoms with E-state index in [1.807, 2.05) is 43.3 Å². The maximum absolute atomic E-state index is 12.8. The third-order valence-corrected chi connectivity index (χ3v) is 3.85. The molecular weight excluding hydrogens is 385 g/mol. The van der Waals surface area contributed by atoms with Crippen LogP contribution < -0.4 is 15.6 Å². The highest BCUT2D eigenvalue weighted by atomic mass is 35.5. The summed E-state index contributed by atoms with van der Waals surface area (Å²) in [5.41, 5.74) is 3.65. The molecule has 0 amide bonds. The van der Waals surface area contributed by atoms with E-state index in [2.05, 4.69) is 15.8 Å². The van der Waals surface area contributed by atoms with Crippen LogP contribution in [0.15, 0.2) is 47.6 Å².